The van der Waals surface area contributed by atoms with E-state index in [1.165, 1.54) is 19.3 Å². The summed E-state index contributed by atoms with van der Waals surface area (Å²) in [7, 11) is 0. The number of fused-ring (bicyclic) bond motifs is 1. The molecule has 5 rings (SSSR count). The van der Waals surface area contributed by atoms with Crippen molar-refractivity contribution >= 4 is 0 Å². The van der Waals surface area contributed by atoms with Gasteiger partial charge in [-0.25, -0.2) is 0 Å². The zero-order chi connectivity index (χ0) is 24.2. The molecule has 2 aliphatic rings. The van der Waals surface area contributed by atoms with E-state index < -0.39 is 0 Å². The molecule has 3 aromatic carbocycles. The van der Waals surface area contributed by atoms with Crippen LogP contribution >= 0.6 is 0 Å². The second kappa shape index (κ2) is 10.6. The highest BCUT2D eigenvalue weighted by atomic mass is 16.5. The van der Waals surface area contributed by atoms with Crippen molar-refractivity contribution in [2.24, 2.45) is 0 Å². The van der Waals surface area contributed by atoms with Crippen molar-refractivity contribution in [3.8, 4) is 23.0 Å². The Morgan fingerprint density at radius 1 is 0.914 bits per heavy atom. The van der Waals surface area contributed by atoms with Crippen molar-refractivity contribution in [3.63, 3.8) is 0 Å². The Balaban J connectivity index is 1.39. The zero-order valence-corrected chi connectivity index (χ0v) is 20.3. The van der Waals surface area contributed by atoms with Crippen LogP contribution in [-0.2, 0) is 0 Å². The van der Waals surface area contributed by atoms with Crippen molar-refractivity contribution < 1.29 is 19.7 Å². The number of aromatic hydroxyl groups is 2. The highest BCUT2D eigenvalue weighted by molar-refractivity contribution is 5.48. The number of benzene rings is 3. The summed E-state index contributed by atoms with van der Waals surface area (Å²) in [6.07, 6.45) is 5.55. The van der Waals surface area contributed by atoms with Crippen molar-refractivity contribution in [1.29, 1.82) is 0 Å². The van der Waals surface area contributed by atoms with Gasteiger partial charge >= 0.3 is 0 Å². The Hall–Kier alpha value is -3.18. The minimum Gasteiger partial charge on any atom is -0.508 e. The Kier molecular flexibility index (Phi) is 7.14. The van der Waals surface area contributed by atoms with Gasteiger partial charge in [0.1, 0.15) is 29.1 Å². The highest BCUT2D eigenvalue weighted by Crippen LogP contribution is 2.53. The molecule has 184 valence electrons. The Morgan fingerprint density at radius 2 is 1.66 bits per heavy atom. The van der Waals surface area contributed by atoms with E-state index in [0.29, 0.717) is 12.6 Å². The molecular formula is C30H35NO4. The van der Waals surface area contributed by atoms with E-state index in [1.54, 1.807) is 18.2 Å². The van der Waals surface area contributed by atoms with Gasteiger partial charge in [0.2, 0.25) is 0 Å². The first kappa shape index (κ1) is 23.6. The average molecular weight is 474 g/mol. The molecule has 2 aliphatic heterocycles. The van der Waals surface area contributed by atoms with Gasteiger partial charge in [-0.15, -0.1) is 0 Å². The number of nitrogens with one attached hydrogen (secondary N) is 1. The van der Waals surface area contributed by atoms with Crippen LogP contribution in [0, 0.1) is 0 Å². The first-order valence-electron chi connectivity index (χ1n) is 12.9. The van der Waals surface area contributed by atoms with Gasteiger partial charge in [0.05, 0.1) is 6.61 Å². The van der Waals surface area contributed by atoms with Gasteiger partial charge in [0.15, 0.2) is 0 Å². The van der Waals surface area contributed by atoms with Gasteiger partial charge < -0.3 is 25.0 Å². The number of rotatable bonds is 7. The molecule has 0 bridgehead atoms. The molecule has 5 heteroatoms. The fourth-order valence-corrected chi connectivity index (χ4v) is 5.64. The van der Waals surface area contributed by atoms with Crippen LogP contribution in [0.3, 0.4) is 0 Å². The van der Waals surface area contributed by atoms with Crippen molar-refractivity contribution in [2.45, 2.75) is 63.0 Å². The summed E-state index contributed by atoms with van der Waals surface area (Å²) in [6.45, 7) is 4.00. The van der Waals surface area contributed by atoms with Crippen LogP contribution in [0.2, 0.25) is 0 Å². The summed E-state index contributed by atoms with van der Waals surface area (Å²) in [6, 6.07) is 21.6. The molecule has 4 unspecified atom stereocenters. The molecule has 0 saturated carbocycles. The topological polar surface area (TPSA) is 71.0 Å². The van der Waals surface area contributed by atoms with Crippen LogP contribution in [0.1, 0.15) is 73.7 Å². The summed E-state index contributed by atoms with van der Waals surface area (Å²) in [5, 5.41) is 23.6. The largest absolute Gasteiger partial charge is 0.508 e. The van der Waals surface area contributed by atoms with Gasteiger partial charge in [0.25, 0.3) is 0 Å². The third kappa shape index (κ3) is 5.25. The smallest absolute Gasteiger partial charge is 0.131 e. The van der Waals surface area contributed by atoms with Crippen LogP contribution in [-0.4, -0.2) is 29.4 Å². The molecule has 4 atom stereocenters. The molecule has 35 heavy (non-hydrogen) atoms. The first-order valence-corrected chi connectivity index (χ1v) is 12.9. The lowest BCUT2D eigenvalue weighted by Crippen LogP contribution is -2.35. The number of piperidine rings is 1. The molecule has 3 N–H and O–H groups in total. The molecule has 0 spiro atoms. The lowest BCUT2D eigenvalue weighted by atomic mass is 9.73. The summed E-state index contributed by atoms with van der Waals surface area (Å²) in [5.41, 5.74) is 3.22. The van der Waals surface area contributed by atoms with Crippen LogP contribution in [0.5, 0.6) is 23.0 Å². The standard InChI is InChI=1S/C30H35NO4/c1-2-26-27-19-24(33)12-15-28(27)35-30(29(26)20-6-10-23(32)11-7-20)21-8-13-25(14-9-21)34-18-16-22-5-3-4-17-31-22/h6-15,19,22,26,29-33H,2-5,16-18H2,1H3. The Morgan fingerprint density at radius 3 is 2.37 bits per heavy atom. The quantitative estimate of drug-likeness (QED) is 0.369. The highest BCUT2D eigenvalue weighted by Gasteiger charge is 2.39. The monoisotopic (exact) mass is 473 g/mol. The number of phenolic OH excluding ortho intramolecular Hbond substituents is 2. The van der Waals surface area contributed by atoms with Gasteiger partial charge in [-0.05, 0) is 91.7 Å². The van der Waals surface area contributed by atoms with Gasteiger partial charge in [-0.2, -0.15) is 0 Å². The minimum absolute atomic E-state index is 0.0408. The predicted octanol–water partition coefficient (Wildman–Crippen LogP) is 6.42. The van der Waals surface area contributed by atoms with Crippen molar-refractivity contribution in [2.75, 3.05) is 13.2 Å². The molecule has 2 heterocycles. The Bertz CT molecular complexity index is 1110. The maximum Gasteiger partial charge on any atom is 0.131 e. The van der Waals surface area contributed by atoms with Crippen LogP contribution in [0.15, 0.2) is 66.7 Å². The maximum absolute atomic E-state index is 10.2. The van der Waals surface area contributed by atoms with E-state index in [9.17, 15) is 10.2 Å². The SMILES string of the molecule is CCC1c2cc(O)ccc2OC(c2ccc(OCCC3CCCCN3)cc2)C1c1ccc(O)cc1. The van der Waals surface area contributed by atoms with E-state index in [4.69, 9.17) is 9.47 Å². The molecular weight excluding hydrogens is 438 g/mol. The Labute approximate surface area is 207 Å². The summed E-state index contributed by atoms with van der Waals surface area (Å²) in [4.78, 5) is 0. The van der Waals surface area contributed by atoms with Crippen LogP contribution in [0.25, 0.3) is 0 Å². The third-order valence-electron chi connectivity index (χ3n) is 7.48. The maximum atomic E-state index is 10.2. The summed E-state index contributed by atoms with van der Waals surface area (Å²) in [5.74, 6) is 2.39. The van der Waals surface area contributed by atoms with Crippen LogP contribution < -0.4 is 14.8 Å². The van der Waals surface area contributed by atoms with Gasteiger partial charge in [-0.3, -0.25) is 0 Å². The minimum atomic E-state index is -0.193. The number of hydrogen-bond donors (Lipinski definition) is 3. The van der Waals surface area contributed by atoms with E-state index in [-0.39, 0.29) is 29.4 Å². The molecule has 1 fully saturated rings. The second-order valence-electron chi connectivity index (χ2n) is 9.75. The number of ether oxygens (including phenoxy) is 2. The average Bonchev–Trinajstić information content (AvgIpc) is 2.89. The van der Waals surface area contributed by atoms with E-state index in [0.717, 1.165) is 47.6 Å². The lowest BCUT2D eigenvalue weighted by Gasteiger charge is -2.40. The molecule has 0 aromatic heterocycles. The molecule has 3 aromatic rings. The van der Waals surface area contributed by atoms with Gasteiger partial charge in [0, 0.05) is 17.5 Å². The molecule has 0 aliphatic carbocycles. The predicted molar refractivity (Wildman–Crippen MR) is 138 cm³/mol. The fourth-order valence-electron chi connectivity index (χ4n) is 5.64. The zero-order valence-electron chi connectivity index (χ0n) is 20.3. The van der Waals surface area contributed by atoms with E-state index in [2.05, 4.69) is 24.4 Å². The number of hydrogen-bond acceptors (Lipinski definition) is 5. The normalized spacial score (nSPS) is 23.8. The van der Waals surface area contributed by atoms with E-state index in [1.807, 2.05) is 36.4 Å². The molecule has 0 amide bonds. The summed E-state index contributed by atoms with van der Waals surface area (Å²) < 4.78 is 12.6. The van der Waals surface area contributed by atoms with E-state index >= 15 is 0 Å². The van der Waals surface area contributed by atoms with Crippen LogP contribution in [0.4, 0.5) is 0 Å². The van der Waals surface area contributed by atoms with Crippen molar-refractivity contribution in [1.82, 2.24) is 5.32 Å². The first-order chi connectivity index (χ1) is 17.1. The second-order valence-corrected chi connectivity index (χ2v) is 9.75. The molecule has 5 nitrogen and oxygen atoms in total. The fraction of sp³-hybridized carbons (Fsp3) is 0.400. The number of phenols is 2. The van der Waals surface area contributed by atoms with Gasteiger partial charge in [-0.1, -0.05) is 37.6 Å². The third-order valence-corrected chi connectivity index (χ3v) is 7.48. The molecule has 1 saturated heterocycles. The molecule has 0 radical (unpaired) electrons. The lowest BCUT2D eigenvalue weighted by molar-refractivity contribution is 0.131. The summed E-state index contributed by atoms with van der Waals surface area (Å²) >= 11 is 0. The van der Waals surface area contributed by atoms with Crippen molar-refractivity contribution in [3.05, 3.63) is 83.4 Å².